The van der Waals surface area contributed by atoms with Gasteiger partial charge in [0.15, 0.2) is 0 Å². The monoisotopic (exact) mass is 407 g/mol. The van der Waals surface area contributed by atoms with Crippen LogP contribution in [0.1, 0.15) is 28.8 Å². The number of methoxy groups -OCH3 is 1. The van der Waals surface area contributed by atoms with Crippen LogP contribution in [-0.4, -0.2) is 40.8 Å². The molecule has 5 rings (SSSR count). The third-order valence-corrected chi connectivity index (χ3v) is 6.13. The summed E-state index contributed by atoms with van der Waals surface area (Å²) in [5, 5.41) is 4.48. The van der Waals surface area contributed by atoms with Crippen LogP contribution in [0.2, 0.25) is 0 Å². The second-order valence-electron chi connectivity index (χ2n) is 7.76. The largest absolute Gasteiger partial charge is 0.496 e. The van der Waals surface area contributed by atoms with Crippen molar-refractivity contribution in [2.45, 2.75) is 18.4 Å². The highest BCUT2D eigenvalue weighted by Gasteiger charge is 2.46. The van der Waals surface area contributed by atoms with Gasteiger partial charge in [0.25, 0.3) is 5.91 Å². The standard InChI is InChI=1S/C23H22FN3O3/c1-26-21-16-5-3-4-6-20(16)30-23(18(21)14-25-26)9-11-27(12-10-23)22(28)17-13-15(24)7-8-19(17)29-2/h3-8,13-14H,9-12H2,1-2H3. The molecule has 1 aromatic heterocycles. The van der Waals surface area contributed by atoms with Crippen molar-refractivity contribution in [3.8, 4) is 22.8 Å². The lowest BCUT2D eigenvalue weighted by atomic mass is 9.81. The zero-order valence-corrected chi connectivity index (χ0v) is 16.9. The molecule has 3 aromatic rings. The van der Waals surface area contributed by atoms with E-state index < -0.39 is 11.4 Å². The summed E-state index contributed by atoms with van der Waals surface area (Å²) in [7, 11) is 3.41. The molecule has 2 aromatic carbocycles. The Hall–Kier alpha value is -3.35. The van der Waals surface area contributed by atoms with Crippen LogP contribution in [0.25, 0.3) is 11.3 Å². The van der Waals surface area contributed by atoms with Crippen LogP contribution in [0, 0.1) is 5.82 Å². The van der Waals surface area contributed by atoms with Crippen molar-refractivity contribution in [2.24, 2.45) is 7.05 Å². The highest BCUT2D eigenvalue weighted by atomic mass is 19.1. The zero-order valence-electron chi connectivity index (χ0n) is 16.9. The molecule has 2 aliphatic heterocycles. The number of aromatic nitrogens is 2. The van der Waals surface area contributed by atoms with Crippen molar-refractivity contribution >= 4 is 5.91 Å². The number of hydrogen-bond donors (Lipinski definition) is 0. The van der Waals surface area contributed by atoms with Crippen molar-refractivity contribution in [1.29, 1.82) is 0 Å². The molecule has 3 heterocycles. The molecular weight excluding hydrogens is 385 g/mol. The fourth-order valence-corrected chi connectivity index (χ4v) is 4.57. The average molecular weight is 407 g/mol. The Balaban J connectivity index is 1.44. The molecule has 1 saturated heterocycles. The van der Waals surface area contributed by atoms with Crippen LogP contribution in [0.5, 0.6) is 11.5 Å². The summed E-state index contributed by atoms with van der Waals surface area (Å²) in [6, 6.07) is 12.0. The molecule has 154 valence electrons. The third kappa shape index (κ3) is 2.76. The van der Waals surface area contributed by atoms with E-state index in [1.165, 1.54) is 25.3 Å². The van der Waals surface area contributed by atoms with Crippen LogP contribution in [0.15, 0.2) is 48.7 Å². The molecule has 0 atom stereocenters. The second kappa shape index (κ2) is 6.86. The second-order valence-corrected chi connectivity index (χ2v) is 7.76. The van der Waals surface area contributed by atoms with E-state index in [1.807, 2.05) is 42.2 Å². The minimum Gasteiger partial charge on any atom is -0.496 e. The van der Waals surface area contributed by atoms with Crippen LogP contribution in [0.3, 0.4) is 0 Å². The minimum absolute atomic E-state index is 0.233. The molecule has 1 fully saturated rings. The molecule has 30 heavy (non-hydrogen) atoms. The van der Waals surface area contributed by atoms with Gasteiger partial charge < -0.3 is 14.4 Å². The Morgan fingerprint density at radius 1 is 1.20 bits per heavy atom. The molecule has 7 heteroatoms. The van der Waals surface area contributed by atoms with E-state index in [-0.39, 0.29) is 11.5 Å². The minimum atomic E-state index is -0.527. The Morgan fingerprint density at radius 3 is 2.73 bits per heavy atom. The van der Waals surface area contributed by atoms with E-state index in [2.05, 4.69) is 5.10 Å². The van der Waals surface area contributed by atoms with Gasteiger partial charge in [-0.15, -0.1) is 0 Å². The number of halogens is 1. The molecule has 2 aliphatic rings. The summed E-state index contributed by atoms with van der Waals surface area (Å²) in [6.45, 7) is 0.990. The fraction of sp³-hybridized carbons (Fsp3) is 0.304. The number of nitrogens with zero attached hydrogens (tertiary/aromatic N) is 3. The highest BCUT2D eigenvalue weighted by Crippen LogP contribution is 2.49. The number of ether oxygens (including phenoxy) is 2. The van der Waals surface area contributed by atoms with Gasteiger partial charge in [0.2, 0.25) is 0 Å². The summed E-state index contributed by atoms with van der Waals surface area (Å²) in [6.07, 6.45) is 3.13. The van der Waals surface area contributed by atoms with E-state index in [0.29, 0.717) is 31.7 Å². The van der Waals surface area contributed by atoms with Crippen LogP contribution >= 0.6 is 0 Å². The Bertz CT molecular complexity index is 1130. The highest BCUT2D eigenvalue weighted by molar-refractivity contribution is 5.97. The number of rotatable bonds is 2. The maximum atomic E-state index is 13.7. The SMILES string of the molecule is COc1ccc(F)cc1C(=O)N1CCC2(CC1)Oc1ccccc1-c1c2cnn1C. The quantitative estimate of drug-likeness (QED) is 0.649. The van der Waals surface area contributed by atoms with Crippen molar-refractivity contribution in [3.63, 3.8) is 0 Å². The van der Waals surface area contributed by atoms with Gasteiger partial charge in [0.05, 0.1) is 24.6 Å². The summed E-state index contributed by atoms with van der Waals surface area (Å²) < 4.78 is 27.4. The molecule has 0 N–H and O–H groups in total. The molecular formula is C23H22FN3O3. The number of hydrogen-bond acceptors (Lipinski definition) is 4. The number of piperidine rings is 1. The number of carbonyl (C=O) groups is 1. The lowest BCUT2D eigenvalue weighted by Gasteiger charge is -2.44. The first kappa shape index (κ1) is 18.7. The van der Waals surface area contributed by atoms with Gasteiger partial charge >= 0.3 is 0 Å². The smallest absolute Gasteiger partial charge is 0.257 e. The maximum Gasteiger partial charge on any atom is 0.257 e. The first-order valence-electron chi connectivity index (χ1n) is 9.96. The summed E-state index contributed by atoms with van der Waals surface area (Å²) in [5.74, 6) is 0.517. The number of likely N-dealkylation sites (tertiary alicyclic amines) is 1. The number of amides is 1. The Kier molecular flexibility index (Phi) is 4.27. The van der Waals surface area contributed by atoms with Crippen LogP contribution in [0.4, 0.5) is 4.39 Å². The molecule has 0 unspecified atom stereocenters. The zero-order chi connectivity index (χ0) is 20.9. The molecule has 0 saturated carbocycles. The summed E-state index contributed by atoms with van der Waals surface area (Å²) >= 11 is 0. The van der Waals surface area contributed by atoms with Crippen molar-refractivity contribution in [2.75, 3.05) is 20.2 Å². The number of aryl methyl sites for hydroxylation is 1. The van der Waals surface area contributed by atoms with Gasteiger partial charge in [-0.2, -0.15) is 5.10 Å². The number of fused-ring (bicyclic) bond motifs is 4. The number of para-hydroxylation sites is 1. The van der Waals surface area contributed by atoms with E-state index in [1.54, 1.807) is 4.90 Å². The average Bonchev–Trinajstić information content (AvgIpc) is 3.17. The van der Waals surface area contributed by atoms with Crippen LogP contribution < -0.4 is 9.47 Å². The predicted molar refractivity (Wildman–Crippen MR) is 109 cm³/mol. The summed E-state index contributed by atoms with van der Waals surface area (Å²) in [4.78, 5) is 14.8. The van der Waals surface area contributed by atoms with Crippen molar-refractivity contribution in [3.05, 3.63) is 65.6 Å². The molecule has 6 nitrogen and oxygen atoms in total. The molecule has 0 aliphatic carbocycles. The third-order valence-electron chi connectivity index (χ3n) is 6.13. The predicted octanol–water partition coefficient (Wildman–Crippen LogP) is 3.76. The van der Waals surface area contributed by atoms with E-state index >= 15 is 0 Å². The first-order valence-corrected chi connectivity index (χ1v) is 9.96. The fourth-order valence-electron chi connectivity index (χ4n) is 4.57. The van der Waals surface area contributed by atoms with Gasteiger partial charge in [-0.25, -0.2) is 4.39 Å². The maximum absolute atomic E-state index is 13.7. The topological polar surface area (TPSA) is 56.6 Å². The normalized spacial score (nSPS) is 16.6. The van der Waals surface area contributed by atoms with Gasteiger partial charge in [-0.3, -0.25) is 9.48 Å². The van der Waals surface area contributed by atoms with E-state index in [0.717, 1.165) is 22.6 Å². The molecule has 0 radical (unpaired) electrons. The number of benzene rings is 2. The Morgan fingerprint density at radius 2 is 1.97 bits per heavy atom. The lowest BCUT2D eigenvalue weighted by Crippen LogP contribution is -2.49. The molecule has 1 spiro atoms. The lowest BCUT2D eigenvalue weighted by molar-refractivity contribution is -0.00181. The number of carbonyl (C=O) groups excluding carboxylic acids is 1. The van der Waals surface area contributed by atoms with Gasteiger partial charge in [0, 0.05) is 44.1 Å². The van der Waals surface area contributed by atoms with Gasteiger partial charge in [-0.05, 0) is 30.3 Å². The van der Waals surface area contributed by atoms with E-state index in [9.17, 15) is 9.18 Å². The van der Waals surface area contributed by atoms with Crippen molar-refractivity contribution < 1.29 is 18.7 Å². The first-order chi connectivity index (χ1) is 14.5. The van der Waals surface area contributed by atoms with Gasteiger partial charge in [-0.1, -0.05) is 12.1 Å². The molecule has 0 bridgehead atoms. The summed E-state index contributed by atoms with van der Waals surface area (Å²) in [5.41, 5.74) is 2.86. The van der Waals surface area contributed by atoms with Crippen LogP contribution in [-0.2, 0) is 12.6 Å². The Labute approximate surface area is 173 Å². The van der Waals surface area contributed by atoms with E-state index in [4.69, 9.17) is 9.47 Å². The van der Waals surface area contributed by atoms with Gasteiger partial charge in [0.1, 0.15) is 22.9 Å². The molecule has 1 amide bonds. The van der Waals surface area contributed by atoms with Crippen molar-refractivity contribution in [1.82, 2.24) is 14.7 Å².